The Balaban J connectivity index is 1.25. The molecule has 1 fully saturated rings. The second-order valence-electron chi connectivity index (χ2n) is 9.14. The predicted octanol–water partition coefficient (Wildman–Crippen LogP) is 4.52. The quantitative estimate of drug-likeness (QED) is 0.448. The first-order valence-electron chi connectivity index (χ1n) is 11.8. The Morgan fingerprint density at radius 2 is 1.74 bits per heavy atom. The summed E-state index contributed by atoms with van der Waals surface area (Å²) < 4.78 is 1.85. The van der Waals surface area contributed by atoms with Gasteiger partial charge >= 0.3 is 0 Å². The van der Waals surface area contributed by atoms with Crippen LogP contribution in [0.3, 0.4) is 0 Å². The molecule has 34 heavy (non-hydrogen) atoms. The number of nitrogens with zero attached hydrogens (tertiary/aromatic N) is 4. The van der Waals surface area contributed by atoms with Crippen molar-refractivity contribution < 1.29 is 4.79 Å². The Bertz CT molecular complexity index is 1270. The molecule has 7 nitrogen and oxygen atoms in total. The second kappa shape index (κ2) is 9.65. The molecule has 0 saturated carbocycles. The highest BCUT2D eigenvalue weighted by molar-refractivity contribution is 5.94. The summed E-state index contributed by atoms with van der Waals surface area (Å²) in [7, 11) is 2.15. The number of pyridine rings is 1. The maximum Gasteiger partial charge on any atom is 0.251 e. The van der Waals surface area contributed by atoms with Crippen molar-refractivity contribution in [3.63, 3.8) is 0 Å². The highest BCUT2D eigenvalue weighted by Crippen LogP contribution is 2.23. The van der Waals surface area contributed by atoms with Crippen molar-refractivity contribution in [1.29, 1.82) is 0 Å². The normalized spacial score (nSPS) is 14.9. The van der Waals surface area contributed by atoms with Gasteiger partial charge in [-0.05, 0) is 82.2 Å². The highest BCUT2D eigenvalue weighted by atomic mass is 16.1. The Morgan fingerprint density at radius 3 is 2.47 bits per heavy atom. The first-order valence-corrected chi connectivity index (χ1v) is 11.8. The molecule has 1 saturated heterocycles. The minimum atomic E-state index is -0.0286. The van der Waals surface area contributed by atoms with E-state index in [1.165, 1.54) is 5.56 Å². The molecule has 0 bridgehead atoms. The topological polar surface area (TPSA) is 74.6 Å². The molecule has 3 heterocycles. The molecule has 2 aromatic heterocycles. The molecular formula is C27H30N6O. The fraction of sp³-hybridized carbons (Fsp3) is 0.296. The van der Waals surface area contributed by atoms with Gasteiger partial charge in [-0.1, -0.05) is 35.9 Å². The van der Waals surface area contributed by atoms with E-state index >= 15 is 0 Å². The van der Waals surface area contributed by atoms with Crippen molar-refractivity contribution in [2.75, 3.05) is 32.0 Å². The highest BCUT2D eigenvalue weighted by Gasteiger charge is 2.17. The van der Waals surface area contributed by atoms with E-state index in [1.807, 2.05) is 47.0 Å². The number of carbonyl (C=O) groups excluding carboxylic acids is 1. The van der Waals surface area contributed by atoms with Crippen molar-refractivity contribution in [2.45, 2.75) is 19.8 Å². The van der Waals surface area contributed by atoms with Gasteiger partial charge < -0.3 is 15.5 Å². The van der Waals surface area contributed by atoms with E-state index in [0.717, 1.165) is 55.1 Å². The first kappa shape index (κ1) is 22.1. The van der Waals surface area contributed by atoms with E-state index < -0.39 is 0 Å². The van der Waals surface area contributed by atoms with Gasteiger partial charge in [0.2, 0.25) is 5.95 Å². The number of nitrogens with one attached hydrogen (secondary N) is 2. The molecule has 0 unspecified atom stereocenters. The van der Waals surface area contributed by atoms with E-state index in [-0.39, 0.29) is 5.91 Å². The van der Waals surface area contributed by atoms with E-state index in [9.17, 15) is 4.79 Å². The Hall–Kier alpha value is -3.71. The van der Waals surface area contributed by atoms with Gasteiger partial charge in [-0.15, -0.1) is 5.10 Å². The summed E-state index contributed by atoms with van der Waals surface area (Å²) in [4.78, 5) is 19.5. The SMILES string of the molecule is Cc1ccc(-c2cccc3nc(Nc4ccc(C(=O)NCC5CCN(C)CC5)cc4)nn23)cc1. The minimum absolute atomic E-state index is 0.0286. The molecule has 1 aliphatic heterocycles. The monoisotopic (exact) mass is 454 g/mol. The second-order valence-corrected chi connectivity index (χ2v) is 9.14. The average molecular weight is 455 g/mol. The van der Waals surface area contributed by atoms with Crippen molar-refractivity contribution in [3.8, 4) is 11.3 Å². The molecule has 7 heteroatoms. The number of hydrogen-bond acceptors (Lipinski definition) is 5. The third-order valence-corrected chi connectivity index (χ3v) is 6.50. The Kier molecular flexibility index (Phi) is 6.27. The van der Waals surface area contributed by atoms with Crippen LogP contribution >= 0.6 is 0 Å². The van der Waals surface area contributed by atoms with Crippen LogP contribution in [-0.2, 0) is 0 Å². The summed E-state index contributed by atoms with van der Waals surface area (Å²) in [6, 6.07) is 21.8. The summed E-state index contributed by atoms with van der Waals surface area (Å²) >= 11 is 0. The van der Waals surface area contributed by atoms with Gasteiger partial charge in [0.15, 0.2) is 5.65 Å². The molecule has 2 N–H and O–H groups in total. The standard InChI is InChI=1S/C27H30N6O/c1-19-6-8-21(9-7-19)24-4-3-5-25-30-27(31-33(24)25)29-23-12-10-22(11-13-23)26(34)28-18-20-14-16-32(2)17-15-20/h3-13,20H,14-18H2,1-2H3,(H,28,34)(H,29,31). The van der Waals surface area contributed by atoms with Crippen LogP contribution in [0.4, 0.5) is 11.6 Å². The number of likely N-dealkylation sites (tertiary alicyclic amines) is 1. The maximum absolute atomic E-state index is 12.6. The lowest BCUT2D eigenvalue weighted by Gasteiger charge is -2.28. The molecule has 1 aliphatic rings. The van der Waals surface area contributed by atoms with Crippen LogP contribution in [-0.4, -0.2) is 52.1 Å². The lowest BCUT2D eigenvalue weighted by atomic mass is 9.97. The fourth-order valence-electron chi connectivity index (χ4n) is 4.34. The van der Waals surface area contributed by atoms with Crippen LogP contribution in [0.5, 0.6) is 0 Å². The Labute approximate surface area is 199 Å². The summed E-state index contributed by atoms with van der Waals surface area (Å²) in [6.45, 7) is 5.02. The number of piperidine rings is 1. The van der Waals surface area contributed by atoms with E-state index in [1.54, 1.807) is 0 Å². The fourth-order valence-corrected chi connectivity index (χ4v) is 4.34. The summed E-state index contributed by atoms with van der Waals surface area (Å²) in [6.07, 6.45) is 2.27. The smallest absolute Gasteiger partial charge is 0.251 e. The van der Waals surface area contributed by atoms with E-state index in [2.05, 4.69) is 63.9 Å². The van der Waals surface area contributed by atoms with E-state index in [0.29, 0.717) is 17.4 Å². The predicted molar refractivity (Wildman–Crippen MR) is 135 cm³/mol. The molecule has 0 aliphatic carbocycles. The average Bonchev–Trinajstić information content (AvgIpc) is 3.27. The summed E-state index contributed by atoms with van der Waals surface area (Å²) in [5.41, 5.74) is 5.54. The number of hydrogen-bond donors (Lipinski definition) is 2. The van der Waals surface area contributed by atoms with Gasteiger partial charge in [-0.25, -0.2) is 4.52 Å². The third kappa shape index (κ3) is 4.94. The van der Waals surface area contributed by atoms with Gasteiger partial charge in [0, 0.05) is 23.4 Å². The van der Waals surface area contributed by atoms with Crippen molar-refractivity contribution in [1.82, 2.24) is 24.8 Å². The molecule has 5 rings (SSSR count). The van der Waals surface area contributed by atoms with Gasteiger partial charge in [0.05, 0.1) is 5.69 Å². The molecule has 0 radical (unpaired) electrons. The number of carbonyl (C=O) groups is 1. The van der Waals surface area contributed by atoms with Gasteiger partial charge in [-0.2, -0.15) is 4.98 Å². The minimum Gasteiger partial charge on any atom is -0.352 e. The zero-order valence-corrected chi connectivity index (χ0v) is 19.7. The molecule has 0 spiro atoms. The Morgan fingerprint density at radius 1 is 1.00 bits per heavy atom. The zero-order chi connectivity index (χ0) is 23.5. The van der Waals surface area contributed by atoms with Crippen LogP contribution in [0.2, 0.25) is 0 Å². The molecular weight excluding hydrogens is 424 g/mol. The summed E-state index contributed by atoms with van der Waals surface area (Å²) in [5.74, 6) is 1.05. The molecule has 0 atom stereocenters. The molecule has 174 valence electrons. The first-order chi connectivity index (χ1) is 16.5. The van der Waals surface area contributed by atoms with Crippen molar-refractivity contribution in [2.24, 2.45) is 5.92 Å². The van der Waals surface area contributed by atoms with Gasteiger partial charge in [0.1, 0.15) is 0 Å². The number of aromatic nitrogens is 3. The molecule has 2 aromatic carbocycles. The van der Waals surface area contributed by atoms with Crippen LogP contribution in [0.15, 0.2) is 66.7 Å². The van der Waals surface area contributed by atoms with Crippen molar-refractivity contribution >= 4 is 23.2 Å². The van der Waals surface area contributed by atoms with Crippen LogP contribution in [0.1, 0.15) is 28.8 Å². The van der Waals surface area contributed by atoms with Crippen LogP contribution < -0.4 is 10.6 Å². The lowest BCUT2D eigenvalue weighted by Crippen LogP contribution is -2.36. The number of benzene rings is 2. The van der Waals surface area contributed by atoms with Crippen molar-refractivity contribution in [3.05, 3.63) is 77.9 Å². The zero-order valence-electron chi connectivity index (χ0n) is 19.7. The number of anilines is 2. The lowest BCUT2D eigenvalue weighted by molar-refractivity contribution is 0.0939. The van der Waals surface area contributed by atoms with E-state index in [4.69, 9.17) is 0 Å². The van der Waals surface area contributed by atoms with Gasteiger partial charge in [0.25, 0.3) is 5.91 Å². The largest absolute Gasteiger partial charge is 0.352 e. The van der Waals surface area contributed by atoms with Gasteiger partial charge in [-0.3, -0.25) is 4.79 Å². The molecule has 1 amide bonds. The van der Waals surface area contributed by atoms with Crippen LogP contribution in [0.25, 0.3) is 16.9 Å². The number of aryl methyl sites for hydroxylation is 1. The number of fused-ring (bicyclic) bond motifs is 1. The maximum atomic E-state index is 12.6. The number of rotatable bonds is 6. The summed E-state index contributed by atoms with van der Waals surface area (Å²) in [5, 5.41) is 11.0. The third-order valence-electron chi connectivity index (χ3n) is 6.50. The number of amides is 1. The molecule has 4 aromatic rings. The van der Waals surface area contributed by atoms with Crippen LogP contribution in [0, 0.1) is 12.8 Å².